The number of aromatic nitrogens is 1. The summed E-state index contributed by atoms with van der Waals surface area (Å²) in [6, 6.07) is 9.25. The number of pyridine rings is 1. The van der Waals surface area contributed by atoms with Crippen LogP contribution >= 0.6 is 0 Å². The Labute approximate surface area is 141 Å². The van der Waals surface area contributed by atoms with E-state index in [-0.39, 0.29) is 17.2 Å². The van der Waals surface area contributed by atoms with Crippen LogP contribution < -0.4 is 15.0 Å². The highest BCUT2D eigenvalue weighted by atomic mass is 16.5. The van der Waals surface area contributed by atoms with Gasteiger partial charge in [0.1, 0.15) is 11.6 Å². The highest BCUT2D eigenvalue weighted by Crippen LogP contribution is 2.34. The first kappa shape index (κ1) is 17.6. The molecule has 0 bridgehead atoms. The summed E-state index contributed by atoms with van der Waals surface area (Å²) in [6.07, 6.45) is 0.964. The van der Waals surface area contributed by atoms with Gasteiger partial charge in [0.2, 0.25) is 0 Å². The maximum atomic E-state index is 12.0. The lowest BCUT2D eigenvalue weighted by Gasteiger charge is -2.17. The number of H-pyrrole nitrogens is 1. The van der Waals surface area contributed by atoms with Gasteiger partial charge in [-0.25, -0.2) is 0 Å². The van der Waals surface area contributed by atoms with Crippen molar-refractivity contribution in [2.75, 3.05) is 6.61 Å². The Kier molecular flexibility index (Phi) is 5.64. The third-order valence-electron chi connectivity index (χ3n) is 3.74. The van der Waals surface area contributed by atoms with Gasteiger partial charge < -0.3 is 14.5 Å². The number of hydrogen-bond acceptors (Lipinski definition) is 4. The smallest absolute Gasteiger partial charge is 0.266 e. The molecule has 0 aliphatic carbocycles. The molecule has 2 aromatic rings. The summed E-state index contributed by atoms with van der Waals surface area (Å²) in [4.78, 5) is 14.6. The lowest BCUT2D eigenvalue weighted by Crippen LogP contribution is -2.13. The Morgan fingerprint density at radius 2 is 2.00 bits per heavy atom. The summed E-state index contributed by atoms with van der Waals surface area (Å²) in [7, 11) is 0. The Morgan fingerprint density at radius 1 is 1.25 bits per heavy atom. The molecule has 5 heteroatoms. The predicted octanol–water partition coefficient (Wildman–Crippen LogP) is 3.80. The number of aryl methyl sites for hydroxylation is 1. The second kappa shape index (κ2) is 7.69. The van der Waals surface area contributed by atoms with E-state index in [1.807, 2.05) is 38.1 Å². The zero-order chi connectivity index (χ0) is 17.7. The molecule has 1 aromatic heterocycles. The molecule has 0 radical (unpaired) electrons. The monoisotopic (exact) mass is 326 g/mol. The van der Waals surface area contributed by atoms with Crippen molar-refractivity contribution in [3.05, 3.63) is 45.9 Å². The van der Waals surface area contributed by atoms with Gasteiger partial charge in [0.05, 0.1) is 12.7 Å². The lowest BCUT2D eigenvalue weighted by molar-refractivity contribution is 0.203. The molecular formula is C19H22N2O3. The van der Waals surface area contributed by atoms with Crippen LogP contribution in [0.3, 0.4) is 0 Å². The van der Waals surface area contributed by atoms with Gasteiger partial charge >= 0.3 is 0 Å². The van der Waals surface area contributed by atoms with Gasteiger partial charge in [-0.2, -0.15) is 5.26 Å². The first-order valence-electron chi connectivity index (χ1n) is 8.08. The van der Waals surface area contributed by atoms with Crippen LogP contribution in [-0.4, -0.2) is 17.7 Å². The van der Waals surface area contributed by atoms with Crippen LogP contribution in [0, 0.1) is 18.3 Å². The minimum atomic E-state index is -0.384. The van der Waals surface area contributed by atoms with E-state index in [1.165, 1.54) is 0 Å². The van der Waals surface area contributed by atoms with Gasteiger partial charge in [-0.15, -0.1) is 0 Å². The second-order valence-corrected chi connectivity index (χ2v) is 5.61. The molecule has 1 heterocycles. The molecule has 0 aliphatic rings. The van der Waals surface area contributed by atoms with Gasteiger partial charge in [-0.3, -0.25) is 4.79 Å². The van der Waals surface area contributed by atoms with E-state index in [2.05, 4.69) is 11.9 Å². The maximum absolute atomic E-state index is 12.0. The molecule has 1 aromatic carbocycles. The van der Waals surface area contributed by atoms with Crippen molar-refractivity contribution in [3.8, 4) is 28.7 Å². The van der Waals surface area contributed by atoms with Crippen molar-refractivity contribution >= 4 is 0 Å². The third-order valence-corrected chi connectivity index (χ3v) is 3.74. The minimum Gasteiger partial charge on any atom is -0.490 e. The van der Waals surface area contributed by atoms with E-state index in [1.54, 1.807) is 13.0 Å². The van der Waals surface area contributed by atoms with E-state index in [4.69, 9.17) is 9.47 Å². The first-order valence-corrected chi connectivity index (χ1v) is 8.08. The fraction of sp³-hybridized carbons (Fsp3) is 0.368. The standard InChI is InChI=1S/C19H22N2O3/c1-5-13(4)24-17-8-7-14(10-18(17)23-6-2)15-9-12(3)21-19(22)16(15)11-20/h7-10,13H,5-6H2,1-4H3,(H,21,22). The van der Waals surface area contributed by atoms with Gasteiger partial charge in [0, 0.05) is 11.3 Å². The van der Waals surface area contributed by atoms with E-state index in [0.29, 0.717) is 29.4 Å². The number of hydrogen-bond donors (Lipinski definition) is 1. The number of benzene rings is 1. The summed E-state index contributed by atoms with van der Waals surface area (Å²) in [5.41, 5.74) is 1.76. The largest absolute Gasteiger partial charge is 0.490 e. The highest BCUT2D eigenvalue weighted by molar-refractivity contribution is 5.72. The van der Waals surface area contributed by atoms with Crippen molar-refractivity contribution in [2.24, 2.45) is 0 Å². The van der Waals surface area contributed by atoms with Crippen molar-refractivity contribution in [3.63, 3.8) is 0 Å². The average molecular weight is 326 g/mol. The molecule has 5 nitrogen and oxygen atoms in total. The number of rotatable bonds is 6. The van der Waals surface area contributed by atoms with Gasteiger partial charge in [0.25, 0.3) is 5.56 Å². The van der Waals surface area contributed by atoms with Crippen molar-refractivity contribution in [1.29, 1.82) is 5.26 Å². The van der Waals surface area contributed by atoms with Crippen LogP contribution in [0.2, 0.25) is 0 Å². The van der Waals surface area contributed by atoms with Crippen LogP contribution in [0.5, 0.6) is 11.5 Å². The fourth-order valence-electron chi connectivity index (χ4n) is 2.37. The average Bonchev–Trinajstić information content (AvgIpc) is 2.55. The molecule has 2 rings (SSSR count). The van der Waals surface area contributed by atoms with Crippen LogP contribution in [0.25, 0.3) is 11.1 Å². The van der Waals surface area contributed by atoms with Crippen molar-refractivity contribution < 1.29 is 9.47 Å². The molecule has 0 fully saturated rings. The molecule has 1 unspecified atom stereocenters. The van der Waals surface area contributed by atoms with E-state index in [9.17, 15) is 10.1 Å². The predicted molar refractivity (Wildman–Crippen MR) is 93.5 cm³/mol. The van der Waals surface area contributed by atoms with E-state index >= 15 is 0 Å². The number of aromatic amines is 1. The molecule has 0 aliphatic heterocycles. The molecular weight excluding hydrogens is 304 g/mol. The number of nitrogens with zero attached hydrogens (tertiary/aromatic N) is 1. The van der Waals surface area contributed by atoms with Crippen LogP contribution in [0.4, 0.5) is 0 Å². The molecule has 1 atom stereocenters. The van der Waals surface area contributed by atoms with Crippen LogP contribution in [-0.2, 0) is 0 Å². The zero-order valence-electron chi connectivity index (χ0n) is 14.5. The first-order chi connectivity index (χ1) is 11.5. The number of nitrogens with one attached hydrogen (secondary N) is 1. The lowest BCUT2D eigenvalue weighted by atomic mass is 10.0. The molecule has 0 saturated heterocycles. The molecule has 126 valence electrons. The molecule has 0 spiro atoms. The summed E-state index contributed by atoms with van der Waals surface area (Å²) >= 11 is 0. The number of nitriles is 1. The Morgan fingerprint density at radius 3 is 2.62 bits per heavy atom. The number of ether oxygens (including phenoxy) is 2. The zero-order valence-corrected chi connectivity index (χ0v) is 14.5. The van der Waals surface area contributed by atoms with Crippen LogP contribution in [0.15, 0.2) is 29.1 Å². The van der Waals surface area contributed by atoms with E-state index < -0.39 is 0 Å². The van der Waals surface area contributed by atoms with Gasteiger partial charge in [-0.1, -0.05) is 13.0 Å². The normalized spacial score (nSPS) is 11.6. The van der Waals surface area contributed by atoms with E-state index in [0.717, 1.165) is 12.0 Å². The van der Waals surface area contributed by atoms with Crippen molar-refractivity contribution in [2.45, 2.75) is 40.2 Å². The summed E-state index contributed by atoms with van der Waals surface area (Å²) in [5, 5.41) is 9.30. The van der Waals surface area contributed by atoms with Gasteiger partial charge in [-0.05, 0) is 51.0 Å². The summed E-state index contributed by atoms with van der Waals surface area (Å²) in [5.74, 6) is 1.27. The van der Waals surface area contributed by atoms with Crippen molar-refractivity contribution in [1.82, 2.24) is 4.98 Å². The Balaban J connectivity index is 2.55. The molecule has 0 saturated carbocycles. The Bertz CT molecular complexity index is 818. The summed E-state index contributed by atoms with van der Waals surface area (Å²) in [6.45, 7) is 8.24. The molecule has 0 amide bonds. The summed E-state index contributed by atoms with van der Waals surface area (Å²) < 4.78 is 11.6. The second-order valence-electron chi connectivity index (χ2n) is 5.61. The van der Waals surface area contributed by atoms with Gasteiger partial charge in [0.15, 0.2) is 11.5 Å². The fourth-order valence-corrected chi connectivity index (χ4v) is 2.37. The highest BCUT2D eigenvalue weighted by Gasteiger charge is 2.14. The SMILES string of the molecule is CCOc1cc(-c2cc(C)[nH]c(=O)c2C#N)ccc1OC(C)CC. The quantitative estimate of drug-likeness (QED) is 0.876. The molecule has 24 heavy (non-hydrogen) atoms. The maximum Gasteiger partial charge on any atom is 0.266 e. The minimum absolute atomic E-state index is 0.0755. The Hall–Kier alpha value is -2.74. The third kappa shape index (κ3) is 3.77. The molecule has 1 N–H and O–H groups in total. The topological polar surface area (TPSA) is 75.1 Å². The van der Waals surface area contributed by atoms with Crippen LogP contribution in [0.1, 0.15) is 38.4 Å².